The van der Waals surface area contributed by atoms with Gasteiger partial charge >= 0.3 is 0 Å². The van der Waals surface area contributed by atoms with E-state index in [2.05, 4.69) is 21.1 Å². The SMILES string of the molecule is C#CCC(O)c1ccnc2cc(-c3cc[nH]n3)ccc12. The number of terminal acetylenes is 1. The molecule has 0 spiro atoms. The van der Waals surface area contributed by atoms with Crippen molar-refractivity contribution in [3.05, 3.63) is 48.3 Å². The van der Waals surface area contributed by atoms with Crippen LogP contribution in [0.5, 0.6) is 0 Å². The maximum absolute atomic E-state index is 10.1. The van der Waals surface area contributed by atoms with E-state index in [1.54, 1.807) is 18.5 Å². The molecular formula is C16H13N3O. The summed E-state index contributed by atoms with van der Waals surface area (Å²) in [6, 6.07) is 9.57. The van der Waals surface area contributed by atoms with Gasteiger partial charge in [-0.15, -0.1) is 12.3 Å². The van der Waals surface area contributed by atoms with Crippen LogP contribution >= 0.6 is 0 Å². The molecule has 0 saturated carbocycles. The van der Waals surface area contributed by atoms with Crippen LogP contribution in [0.4, 0.5) is 0 Å². The molecule has 2 heterocycles. The molecule has 1 unspecified atom stereocenters. The number of nitrogens with one attached hydrogen (secondary N) is 1. The molecule has 0 radical (unpaired) electrons. The Labute approximate surface area is 116 Å². The van der Waals surface area contributed by atoms with Crippen LogP contribution in [-0.2, 0) is 0 Å². The fraction of sp³-hybridized carbons (Fsp3) is 0.125. The van der Waals surface area contributed by atoms with Crippen LogP contribution in [-0.4, -0.2) is 20.3 Å². The lowest BCUT2D eigenvalue weighted by Crippen LogP contribution is -1.98. The second-order valence-electron chi connectivity index (χ2n) is 4.52. The summed E-state index contributed by atoms with van der Waals surface area (Å²) in [5.74, 6) is 2.48. The van der Waals surface area contributed by atoms with Crippen molar-refractivity contribution in [2.75, 3.05) is 0 Å². The van der Waals surface area contributed by atoms with Crippen LogP contribution in [0.15, 0.2) is 42.7 Å². The van der Waals surface area contributed by atoms with E-state index >= 15 is 0 Å². The average molecular weight is 263 g/mol. The van der Waals surface area contributed by atoms with Crippen molar-refractivity contribution < 1.29 is 5.11 Å². The summed E-state index contributed by atoms with van der Waals surface area (Å²) in [7, 11) is 0. The summed E-state index contributed by atoms with van der Waals surface area (Å²) in [4.78, 5) is 4.35. The number of hydrogen-bond acceptors (Lipinski definition) is 3. The van der Waals surface area contributed by atoms with Gasteiger partial charge in [0.25, 0.3) is 0 Å². The number of aromatic amines is 1. The van der Waals surface area contributed by atoms with Crippen molar-refractivity contribution in [2.24, 2.45) is 0 Å². The predicted octanol–water partition coefficient (Wildman–Crippen LogP) is 2.68. The van der Waals surface area contributed by atoms with E-state index in [1.807, 2.05) is 24.3 Å². The first-order chi connectivity index (χ1) is 9.79. The first-order valence-electron chi connectivity index (χ1n) is 6.30. The zero-order valence-electron chi connectivity index (χ0n) is 10.7. The van der Waals surface area contributed by atoms with E-state index in [9.17, 15) is 5.11 Å². The first kappa shape index (κ1) is 12.4. The van der Waals surface area contributed by atoms with E-state index in [4.69, 9.17) is 6.42 Å². The number of hydrogen-bond donors (Lipinski definition) is 2. The quantitative estimate of drug-likeness (QED) is 0.714. The smallest absolute Gasteiger partial charge is 0.0921 e. The number of H-pyrrole nitrogens is 1. The van der Waals surface area contributed by atoms with Crippen LogP contribution < -0.4 is 0 Å². The molecule has 0 aliphatic heterocycles. The van der Waals surface area contributed by atoms with Crippen LogP contribution in [0.25, 0.3) is 22.2 Å². The van der Waals surface area contributed by atoms with Crippen LogP contribution in [0.3, 0.4) is 0 Å². The topological polar surface area (TPSA) is 61.8 Å². The molecule has 0 bridgehead atoms. The van der Waals surface area contributed by atoms with Crippen molar-refractivity contribution in [2.45, 2.75) is 12.5 Å². The van der Waals surface area contributed by atoms with E-state index in [1.165, 1.54) is 0 Å². The maximum atomic E-state index is 10.1. The summed E-state index contributed by atoms with van der Waals surface area (Å²) in [6.07, 6.45) is 8.35. The minimum absolute atomic E-state index is 0.292. The highest BCUT2D eigenvalue weighted by atomic mass is 16.3. The fourth-order valence-electron chi connectivity index (χ4n) is 2.26. The summed E-state index contributed by atoms with van der Waals surface area (Å²) in [5, 5.41) is 17.9. The van der Waals surface area contributed by atoms with Gasteiger partial charge in [0.15, 0.2) is 0 Å². The number of aliphatic hydroxyl groups is 1. The van der Waals surface area contributed by atoms with Gasteiger partial charge in [0.2, 0.25) is 0 Å². The van der Waals surface area contributed by atoms with Gasteiger partial charge in [-0.05, 0) is 23.8 Å². The Balaban J connectivity index is 2.11. The molecule has 0 amide bonds. The number of aliphatic hydroxyl groups excluding tert-OH is 1. The third-order valence-electron chi connectivity index (χ3n) is 3.24. The summed E-state index contributed by atoms with van der Waals surface area (Å²) in [5.41, 5.74) is 3.47. The first-order valence-corrected chi connectivity index (χ1v) is 6.30. The highest BCUT2D eigenvalue weighted by Crippen LogP contribution is 2.28. The number of benzene rings is 1. The molecule has 3 rings (SSSR count). The fourth-order valence-corrected chi connectivity index (χ4v) is 2.26. The van der Waals surface area contributed by atoms with E-state index in [0.717, 1.165) is 27.7 Å². The van der Waals surface area contributed by atoms with E-state index in [-0.39, 0.29) is 0 Å². The number of rotatable bonds is 3. The molecule has 20 heavy (non-hydrogen) atoms. The second kappa shape index (κ2) is 5.16. The highest BCUT2D eigenvalue weighted by molar-refractivity contribution is 5.86. The van der Waals surface area contributed by atoms with E-state index in [0.29, 0.717) is 6.42 Å². The van der Waals surface area contributed by atoms with Crippen molar-refractivity contribution in [3.8, 4) is 23.6 Å². The second-order valence-corrected chi connectivity index (χ2v) is 4.52. The molecule has 3 aromatic rings. The Morgan fingerprint density at radius 3 is 2.95 bits per heavy atom. The normalized spacial score (nSPS) is 12.2. The van der Waals surface area contributed by atoms with Gasteiger partial charge in [0.05, 0.1) is 17.3 Å². The average Bonchev–Trinajstić information content (AvgIpc) is 3.00. The van der Waals surface area contributed by atoms with Gasteiger partial charge in [0, 0.05) is 29.8 Å². The molecule has 4 heteroatoms. The molecular weight excluding hydrogens is 250 g/mol. The lowest BCUT2D eigenvalue weighted by molar-refractivity contribution is 0.185. The minimum atomic E-state index is -0.665. The standard InChI is InChI=1S/C16H13N3O/c1-2-3-16(20)13-6-8-17-15-10-11(4-5-12(13)15)14-7-9-18-19-14/h1,4-10,16,20H,3H2,(H,18,19). The highest BCUT2D eigenvalue weighted by Gasteiger charge is 2.11. The van der Waals surface area contributed by atoms with Gasteiger partial charge in [0.1, 0.15) is 0 Å². The van der Waals surface area contributed by atoms with Crippen LogP contribution in [0, 0.1) is 12.3 Å². The number of pyridine rings is 1. The van der Waals surface area contributed by atoms with Gasteiger partial charge in [-0.2, -0.15) is 5.10 Å². The largest absolute Gasteiger partial charge is 0.387 e. The monoisotopic (exact) mass is 263 g/mol. The molecule has 4 nitrogen and oxygen atoms in total. The summed E-state index contributed by atoms with van der Waals surface area (Å²) >= 11 is 0. The molecule has 2 N–H and O–H groups in total. The molecule has 0 fully saturated rings. The number of aromatic nitrogens is 3. The van der Waals surface area contributed by atoms with Gasteiger partial charge in [-0.1, -0.05) is 12.1 Å². The van der Waals surface area contributed by atoms with Gasteiger partial charge < -0.3 is 5.11 Å². The van der Waals surface area contributed by atoms with Crippen molar-refractivity contribution in [1.82, 2.24) is 15.2 Å². The Bertz CT molecular complexity index is 772. The van der Waals surface area contributed by atoms with Gasteiger partial charge in [-0.25, -0.2) is 0 Å². The number of nitrogens with zero attached hydrogens (tertiary/aromatic N) is 2. The Hall–Kier alpha value is -2.64. The molecule has 0 aliphatic rings. The van der Waals surface area contributed by atoms with Crippen LogP contribution in [0.2, 0.25) is 0 Å². The van der Waals surface area contributed by atoms with Crippen molar-refractivity contribution >= 4 is 10.9 Å². The Morgan fingerprint density at radius 2 is 2.20 bits per heavy atom. The molecule has 2 aromatic heterocycles. The third kappa shape index (κ3) is 2.15. The molecule has 1 aromatic carbocycles. The molecule has 0 saturated heterocycles. The van der Waals surface area contributed by atoms with Crippen LogP contribution in [0.1, 0.15) is 18.1 Å². The maximum Gasteiger partial charge on any atom is 0.0921 e. The molecule has 1 atom stereocenters. The predicted molar refractivity (Wildman–Crippen MR) is 77.7 cm³/mol. The lowest BCUT2D eigenvalue weighted by atomic mass is 10.0. The summed E-state index contributed by atoms with van der Waals surface area (Å²) in [6.45, 7) is 0. The summed E-state index contributed by atoms with van der Waals surface area (Å²) < 4.78 is 0. The van der Waals surface area contributed by atoms with E-state index < -0.39 is 6.10 Å². The lowest BCUT2D eigenvalue weighted by Gasteiger charge is -2.11. The Kier molecular flexibility index (Phi) is 3.20. The van der Waals surface area contributed by atoms with Crippen molar-refractivity contribution in [1.29, 1.82) is 0 Å². The minimum Gasteiger partial charge on any atom is -0.387 e. The zero-order valence-corrected chi connectivity index (χ0v) is 10.7. The molecule has 0 aliphatic carbocycles. The van der Waals surface area contributed by atoms with Gasteiger partial charge in [-0.3, -0.25) is 10.1 Å². The molecule has 98 valence electrons. The Morgan fingerprint density at radius 1 is 1.30 bits per heavy atom. The van der Waals surface area contributed by atoms with Crippen molar-refractivity contribution in [3.63, 3.8) is 0 Å². The number of fused-ring (bicyclic) bond motifs is 1. The third-order valence-corrected chi connectivity index (χ3v) is 3.24. The zero-order chi connectivity index (χ0) is 13.9.